The third kappa shape index (κ3) is 1.73. The molecule has 1 fully saturated rings. The number of hydrogen-bond acceptors (Lipinski definition) is 4. The summed E-state index contributed by atoms with van der Waals surface area (Å²) in [4.78, 5) is 0. The minimum Gasteiger partial charge on any atom is -0.506 e. The predicted octanol–water partition coefficient (Wildman–Crippen LogP) is 1.65. The van der Waals surface area contributed by atoms with Gasteiger partial charge in [-0.2, -0.15) is 5.26 Å². The number of phenols is 1. The lowest BCUT2D eigenvalue weighted by Crippen LogP contribution is -2.32. The van der Waals surface area contributed by atoms with Gasteiger partial charge in [0.25, 0.3) is 0 Å². The summed E-state index contributed by atoms with van der Waals surface area (Å²) in [7, 11) is 1.56. The highest BCUT2D eigenvalue weighted by Crippen LogP contribution is 2.54. The van der Waals surface area contributed by atoms with Crippen LogP contribution in [-0.4, -0.2) is 18.3 Å². The zero-order valence-electron chi connectivity index (χ0n) is 10.0. The molecule has 1 atom stereocenters. The maximum atomic E-state index is 9.64. The van der Waals surface area contributed by atoms with Crippen molar-refractivity contribution in [3.05, 3.63) is 23.3 Å². The van der Waals surface area contributed by atoms with E-state index >= 15 is 0 Å². The van der Waals surface area contributed by atoms with Crippen LogP contribution in [0, 0.1) is 11.3 Å². The van der Waals surface area contributed by atoms with Crippen LogP contribution in [0.4, 0.5) is 0 Å². The van der Waals surface area contributed by atoms with Gasteiger partial charge >= 0.3 is 0 Å². The Morgan fingerprint density at radius 3 is 2.59 bits per heavy atom. The van der Waals surface area contributed by atoms with Gasteiger partial charge in [0.05, 0.1) is 12.7 Å². The first kappa shape index (κ1) is 11.7. The molecule has 1 aliphatic carbocycles. The Balaban J connectivity index is 2.57. The number of methoxy groups -OCH3 is 1. The van der Waals surface area contributed by atoms with Gasteiger partial charge in [-0.15, -0.1) is 0 Å². The standard InChI is InChI=1S/C13H16N2O2/c1-8(15)13(3-4-13)10-5-9(7-14)11(16)6-12(10)17-2/h5-6,8,16H,3-4,15H2,1-2H3. The average molecular weight is 232 g/mol. The minimum atomic E-state index is -0.0926. The summed E-state index contributed by atoms with van der Waals surface area (Å²) in [6, 6.07) is 5.18. The lowest BCUT2D eigenvalue weighted by atomic mass is 9.87. The number of phenolic OH excluding ortho intramolecular Hbond substituents is 1. The molecule has 0 spiro atoms. The van der Waals surface area contributed by atoms with Crippen molar-refractivity contribution in [2.75, 3.05) is 7.11 Å². The number of hydrogen-bond donors (Lipinski definition) is 2. The number of nitrogens with two attached hydrogens (primary N) is 1. The maximum absolute atomic E-state index is 9.64. The molecule has 0 aliphatic heterocycles. The molecule has 1 aromatic rings. The third-order valence-corrected chi connectivity index (χ3v) is 3.63. The Morgan fingerprint density at radius 2 is 2.18 bits per heavy atom. The first-order valence-corrected chi connectivity index (χ1v) is 5.62. The van der Waals surface area contributed by atoms with Crippen molar-refractivity contribution < 1.29 is 9.84 Å². The quantitative estimate of drug-likeness (QED) is 0.830. The zero-order chi connectivity index (χ0) is 12.6. The van der Waals surface area contributed by atoms with E-state index in [0.717, 1.165) is 18.4 Å². The number of benzene rings is 1. The van der Waals surface area contributed by atoms with Crippen LogP contribution in [0.1, 0.15) is 30.9 Å². The molecule has 1 saturated carbocycles. The molecule has 90 valence electrons. The largest absolute Gasteiger partial charge is 0.506 e. The SMILES string of the molecule is COc1cc(O)c(C#N)cc1C1(C(C)N)CC1. The van der Waals surface area contributed by atoms with E-state index in [9.17, 15) is 5.11 Å². The molecule has 4 heteroatoms. The van der Waals surface area contributed by atoms with Crippen molar-refractivity contribution in [1.29, 1.82) is 5.26 Å². The second-order valence-corrected chi connectivity index (χ2v) is 4.63. The second kappa shape index (κ2) is 3.94. The zero-order valence-corrected chi connectivity index (χ0v) is 10.0. The summed E-state index contributed by atoms with van der Waals surface area (Å²) in [5.74, 6) is 0.560. The predicted molar refractivity (Wildman–Crippen MR) is 63.9 cm³/mol. The minimum absolute atomic E-state index is 0.00693. The fraction of sp³-hybridized carbons (Fsp3) is 0.462. The van der Waals surface area contributed by atoms with Gasteiger partial charge < -0.3 is 15.6 Å². The van der Waals surface area contributed by atoms with Gasteiger partial charge in [-0.1, -0.05) is 0 Å². The number of nitrogens with zero attached hydrogens (tertiary/aromatic N) is 1. The van der Waals surface area contributed by atoms with Gasteiger partial charge in [0.15, 0.2) is 0 Å². The molecule has 1 unspecified atom stereocenters. The van der Waals surface area contributed by atoms with Crippen molar-refractivity contribution in [2.45, 2.75) is 31.2 Å². The summed E-state index contributed by atoms with van der Waals surface area (Å²) in [6.45, 7) is 1.96. The van der Waals surface area contributed by atoms with E-state index in [2.05, 4.69) is 0 Å². The van der Waals surface area contributed by atoms with Crippen LogP contribution in [-0.2, 0) is 5.41 Å². The van der Waals surface area contributed by atoms with Gasteiger partial charge in [-0.25, -0.2) is 0 Å². The van der Waals surface area contributed by atoms with Gasteiger partial charge in [-0.05, 0) is 25.8 Å². The van der Waals surface area contributed by atoms with Crippen molar-refractivity contribution >= 4 is 0 Å². The van der Waals surface area contributed by atoms with Crippen LogP contribution in [0.2, 0.25) is 0 Å². The molecule has 4 nitrogen and oxygen atoms in total. The molecule has 1 aromatic carbocycles. The molecule has 0 radical (unpaired) electrons. The van der Waals surface area contributed by atoms with E-state index in [1.165, 1.54) is 6.07 Å². The van der Waals surface area contributed by atoms with Gasteiger partial charge in [0, 0.05) is 23.1 Å². The molecule has 17 heavy (non-hydrogen) atoms. The Labute approximate surface area is 101 Å². The molecule has 1 aliphatic rings. The van der Waals surface area contributed by atoms with Crippen molar-refractivity contribution in [3.63, 3.8) is 0 Å². The highest BCUT2D eigenvalue weighted by molar-refractivity contribution is 5.55. The molecule has 0 bridgehead atoms. The second-order valence-electron chi connectivity index (χ2n) is 4.63. The van der Waals surface area contributed by atoms with Gasteiger partial charge in [-0.3, -0.25) is 0 Å². The summed E-state index contributed by atoms with van der Waals surface area (Å²) in [6.07, 6.45) is 1.99. The summed E-state index contributed by atoms with van der Waals surface area (Å²) in [5, 5.41) is 18.6. The lowest BCUT2D eigenvalue weighted by Gasteiger charge is -2.23. The van der Waals surface area contributed by atoms with Gasteiger partial charge in [0.1, 0.15) is 17.6 Å². The number of ether oxygens (including phenoxy) is 1. The monoisotopic (exact) mass is 232 g/mol. The smallest absolute Gasteiger partial charge is 0.137 e. The molecule has 0 amide bonds. The highest BCUT2D eigenvalue weighted by Gasteiger charge is 2.49. The topological polar surface area (TPSA) is 79.3 Å². The fourth-order valence-corrected chi connectivity index (χ4v) is 2.32. The van der Waals surface area contributed by atoms with E-state index in [1.54, 1.807) is 13.2 Å². The number of rotatable bonds is 3. The number of nitriles is 1. The van der Waals surface area contributed by atoms with Crippen LogP contribution < -0.4 is 10.5 Å². The average Bonchev–Trinajstić information content (AvgIpc) is 3.09. The van der Waals surface area contributed by atoms with E-state index in [1.807, 2.05) is 13.0 Å². The normalized spacial score (nSPS) is 18.2. The Hall–Kier alpha value is -1.73. The van der Waals surface area contributed by atoms with Crippen molar-refractivity contribution in [1.82, 2.24) is 0 Å². The molecule has 3 N–H and O–H groups in total. The van der Waals surface area contributed by atoms with Crippen LogP contribution in [0.25, 0.3) is 0 Å². The summed E-state index contributed by atoms with van der Waals surface area (Å²) < 4.78 is 5.28. The van der Waals surface area contributed by atoms with Crippen LogP contribution in [0.15, 0.2) is 12.1 Å². The Bertz CT molecular complexity index is 485. The molecular formula is C13H16N2O2. The summed E-state index contributed by atoms with van der Waals surface area (Å²) in [5.41, 5.74) is 7.13. The van der Waals surface area contributed by atoms with E-state index in [-0.39, 0.29) is 22.8 Å². The van der Waals surface area contributed by atoms with Crippen molar-refractivity contribution in [3.8, 4) is 17.6 Å². The van der Waals surface area contributed by atoms with E-state index in [0.29, 0.717) is 5.75 Å². The molecule has 2 rings (SSSR count). The van der Waals surface area contributed by atoms with E-state index in [4.69, 9.17) is 15.7 Å². The van der Waals surface area contributed by atoms with Crippen molar-refractivity contribution in [2.24, 2.45) is 5.73 Å². The van der Waals surface area contributed by atoms with Crippen LogP contribution in [0.5, 0.6) is 11.5 Å². The summed E-state index contributed by atoms with van der Waals surface area (Å²) >= 11 is 0. The third-order valence-electron chi connectivity index (χ3n) is 3.63. The Morgan fingerprint density at radius 1 is 1.53 bits per heavy atom. The van der Waals surface area contributed by atoms with Gasteiger partial charge in [0.2, 0.25) is 0 Å². The first-order valence-electron chi connectivity index (χ1n) is 5.62. The number of aromatic hydroxyl groups is 1. The van der Waals surface area contributed by atoms with Crippen LogP contribution in [0.3, 0.4) is 0 Å². The first-order chi connectivity index (χ1) is 8.05. The molecule has 0 saturated heterocycles. The highest BCUT2D eigenvalue weighted by atomic mass is 16.5. The lowest BCUT2D eigenvalue weighted by molar-refractivity contribution is 0.392. The molecule has 0 heterocycles. The Kier molecular flexibility index (Phi) is 2.72. The molecular weight excluding hydrogens is 216 g/mol. The maximum Gasteiger partial charge on any atom is 0.137 e. The fourth-order valence-electron chi connectivity index (χ4n) is 2.32. The van der Waals surface area contributed by atoms with E-state index < -0.39 is 0 Å². The van der Waals surface area contributed by atoms with Crippen LogP contribution >= 0.6 is 0 Å². The molecule has 0 aromatic heterocycles.